The minimum Gasteiger partial charge on any atom is -0.444 e. The zero-order valence-corrected chi connectivity index (χ0v) is 18.5. The average Bonchev–Trinajstić information content (AvgIpc) is 2.88. The molecule has 0 radical (unpaired) electrons. The quantitative estimate of drug-likeness (QED) is 0.707. The Morgan fingerprint density at radius 2 is 1.89 bits per heavy atom. The Hall–Kier alpha value is -1.99. The predicted octanol–water partition coefficient (Wildman–Crippen LogP) is 4.36. The maximum absolute atomic E-state index is 11.9. The molecule has 0 bridgehead atoms. The molecule has 0 saturated carbocycles. The van der Waals surface area contributed by atoms with Gasteiger partial charge < -0.3 is 14.8 Å². The summed E-state index contributed by atoms with van der Waals surface area (Å²) >= 11 is 1.72. The number of amides is 1. The van der Waals surface area contributed by atoms with E-state index >= 15 is 0 Å². The largest absolute Gasteiger partial charge is 0.444 e. The number of nitrogens with one attached hydrogen (secondary N) is 1. The molecule has 0 aliphatic carbocycles. The van der Waals surface area contributed by atoms with Crippen molar-refractivity contribution in [2.75, 3.05) is 20.3 Å². The van der Waals surface area contributed by atoms with Crippen LogP contribution in [0.4, 0.5) is 4.79 Å². The number of carbonyl (C=O) groups excluding carboxylic acids is 1. The summed E-state index contributed by atoms with van der Waals surface area (Å²) in [5.41, 5.74) is 2.84. The molecule has 2 aromatic rings. The molecule has 0 atom stereocenters. The van der Waals surface area contributed by atoms with Gasteiger partial charge in [0.25, 0.3) is 0 Å². The van der Waals surface area contributed by atoms with Crippen LogP contribution in [0.1, 0.15) is 37.7 Å². The van der Waals surface area contributed by atoms with E-state index in [1.54, 1.807) is 18.9 Å². The fraction of sp³-hybridized carbons (Fsp3) is 0.524. The van der Waals surface area contributed by atoms with E-state index in [0.717, 1.165) is 22.7 Å². The Kier molecular flexibility index (Phi) is 7.95. The van der Waals surface area contributed by atoms with Crippen molar-refractivity contribution in [3.63, 3.8) is 0 Å². The van der Waals surface area contributed by atoms with Gasteiger partial charge in [-0.2, -0.15) is 5.10 Å². The first-order valence-electron chi connectivity index (χ1n) is 9.46. The van der Waals surface area contributed by atoms with Crippen LogP contribution in [0.25, 0.3) is 0 Å². The van der Waals surface area contributed by atoms with Gasteiger partial charge in [0.1, 0.15) is 5.60 Å². The molecule has 2 rings (SSSR count). The van der Waals surface area contributed by atoms with E-state index in [1.165, 1.54) is 10.5 Å². The summed E-state index contributed by atoms with van der Waals surface area (Å²) in [4.78, 5) is 14.2. The number of benzene rings is 1. The lowest BCUT2D eigenvalue weighted by Gasteiger charge is -2.19. The van der Waals surface area contributed by atoms with Crippen LogP contribution in [-0.4, -0.2) is 41.7 Å². The predicted molar refractivity (Wildman–Crippen MR) is 112 cm³/mol. The van der Waals surface area contributed by atoms with Gasteiger partial charge in [0.15, 0.2) is 0 Å². The zero-order chi connectivity index (χ0) is 20.7. The van der Waals surface area contributed by atoms with E-state index < -0.39 is 11.7 Å². The van der Waals surface area contributed by atoms with Crippen molar-refractivity contribution in [3.05, 3.63) is 41.2 Å². The number of rotatable bonds is 8. The van der Waals surface area contributed by atoms with Crippen LogP contribution in [0, 0.1) is 13.8 Å². The third-order valence-corrected chi connectivity index (χ3v) is 5.19. The normalized spacial score (nSPS) is 11.5. The fourth-order valence-electron chi connectivity index (χ4n) is 2.67. The van der Waals surface area contributed by atoms with E-state index in [1.807, 2.05) is 32.4 Å². The second-order valence-corrected chi connectivity index (χ2v) is 8.75. The standard InChI is InChI=1S/C21H31N3O3S/c1-15-7-9-17(10-8-15)28-19-16(2)23-24(18(19)11-14-26-6)13-12-22-20(25)27-21(3,4)5/h7-10H,11-14H2,1-6H3,(H,22,25). The molecule has 1 amide bonds. The van der Waals surface area contributed by atoms with Crippen molar-refractivity contribution in [2.45, 2.75) is 63.0 Å². The number of aromatic nitrogens is 2. The summed E-state index contributed by atoms with van der Waals surface area (Å²) < 4.78 is 12.5. The van der Waals surface area contributed by atoms with Gasteiger partial charge in [0.05, 0.1) is 29.4 Å². The Morgan fingerprint density at radius 1 is 1.21 bits per heavy atom. The van der Waals surface area contributed by atoms with Gasteiger partial charge in [-0.05, 0) is 46.8 Å². The molecular weight excluding hydrogens is 374 g/mol. The zero-order valence-electron chi connectivity index (χ0n) is 17.7. The number of alkyl carbamates (subject to hydrolysis) is 1. The van der Waals surface area contributed by atoms with Crippen LogP contribution >= 0.6 is 11.8 Å². The molecule has 154 valence electrons. The number of aryl methyl sites for hydroxylation is 2. The lowest BCUT2D eigenvalue weighted by Crippen LogP contribution is -2.34. The van der Waals surface area contributed by atoms with Gasteiger partial charge in [0, 0.05) is 25.0 Å². The number of hydrogen-bond acceptors (Lipinski definition) is 5. The SMILES string of the molecule is COCCc1c(Sc2ccc(C)cc2)c(C)nn1CCNC(=O)OC(C)(C)C. The van der Waals surface area contributed by atoms with Gasteiger partial charge in [-0.1, -0.05) is 29.5 Å². The van der Waals surface area contributed by atoms with E-state index in [0.29, 0.717) is 19.7 Å². The Morgan fingerprint density at radius 3 is 2.50 bits per heavy atom. The van der Waals surface area contributed by atoms with Crippen LogP contribution in [0.3, 0.4) is 0 Å². The lowest BCUT2D eigenvalue weighted by atomic mass is 10.2. The second kappa shape index (κ2) is 9.98. The third-order valence-electron chi connectivity index (χ3n) is 3.95. The topological polar surface area (TPSA) is 65.4 Å². The van der Waals surface area contributed by atoms with Crippen LogP contribution < -0.4 is 5.32 Å². The van der Waals surface area contributed by atoms with Crippen molar-refractivity contribution >= 4 is 17.9 Å². The van der Waals surface area contributed by atoms with Crippen molar-refractivity contribution in [1.29, 1.82) is 0 Å². The van der Waals surface area contributed by atoms with Gasteiger partial charge >= 0.3 is 6.09 Å². The first-order valence-corrected chi connectivity index (χ1v) is 10.3. The number of nitrogens with zero attached hydrogens (tertiary/aromatic N) is 2. The molecule has 0 spiro atoms. The molecule has 0 aliphatic heterocycles. The van der Waals surface area contributed by atoms with E-state index in [-0.39, 0.29) is 0 Å². The first-order chi connectivity index (χ1) is 13.2. The summed E-state index contributed by atoms with van der Waals surface area (Å²) in [7, 11) is 1.70. The highest BCUT2D eigenvalue weighted by molar-refractivity contribution is 7.99. The summed E-state index contributed by atoms with van der Waals surface area (Å²) in [6.07, 6.45) is 0.349. The van der Waals surface area contributed by atoms with Crippen LogP contribution in [0.15, 0.2) is 34.1 Å². The van der Waals surface area contributed by atoms with Gasteiger partial charge in [-0.3, -0.25) is 4.68 Å². The van der Waals surface area contributed by atoms with Crippen LogP contribution in [-0.2, 0) is 22.4 Å². The molecule has 0 unspecified atom stereocenters. The summed E-state index contributed by atoms with van der Waals surface area (Å²) in [6.45, 7) is 11.3. The maximum atomic E-state index is 11.9. The highest BCUT2D eigenvalue weighted by Crippen LogP contribution is 2.33. The van der Waals surface area contributed by atoms with E-state index in [4.69, 9.17) is 14.6 Å². The maximum Gasteiger partial charge on any atom is 0.407 e. The third kappa shape index (κ3) is 6.87. The highest BCUT2D eigenvalue weighted by atomic mass is 32.2. The molecule has 6 nitrogen and oxygen atoms in total. The molecule has 0 aliphatic rings. The fourth-order valence-corrected chi connectivity index (χ4v) is 3.70. The van der Waals surface area contributed by atoms with Crippen molar-refractivity contribution in [3.8, 4) is 0 Å². The molecule has 1 aromatic heterocycles. The monoisotopic (exact) mass is 405 g/mol. The number of methoxy groups -OCH3 is 1. The molecule has 7 heteroatoms. The molecule has 28 heavy (non-hydrogen) atoms. The smallest absolute Gasteiger partial charge is 0.407 e. The van der Waals surface area contributed by atoms with Crippen molar-refractivity contribution in [2.24, 2.45) is 0 Å². The van der Waals surface area contributed by atoms with E-state index in [2.05, 4.69) is 36.5 Å². The molecule has 0 fully saturated rings. The Balaban J connectivity index is 2.10. The first kappa shape index (κ1) is 22.3. The number of ether oxygens (including phenoxy) is 2. The lowest BCUT2D eigenvalue weighted by molar-refractivity contribution is 0.0525. The molecule has 1 N–H and O–H groups in total. The second-order valence-electron chi connectivity index (χ2n) is 7.67. The number of carbonyl (C=O) groups is 1. The molecular formula is C21H31N3O3S. The van der Waals surface area contributed by atoms with Gasteiger partial charge in [0.2, 0.25) is 0 Å². The molecule has 1 heterocycles. The number of hydrogen-bond donors (Lipinski definition) is 1. The summed E-state index contributed by atoms with van der Waals surface area (Å²) in [6, 6.07) is 8.48. The van der Waals surface area contributed by atoms with Crippen LogP contribution in [0.2, 0.25) is 0 Å². The Bertz CT molecular complexity index is 779. The minimum atomic E-state index is -0.506. The van der Waals surface area contributed by atoms with Crippen molar-refractivity contribution < 1.29 is 14.3 Å². The summed E-state index contributed by atoms with van der Waals surface area (Å²) in [5.74, 6) is 0. The highest BCUT2D eigenvalue weighted by Gasteiger charge is 2.18. The minimum absolute atomic E-state index is 0.413. The average molecular weight is 406 g/mol. The van der Waals surface area contributed by atoms with E-state index in [9.17, 15) is 4.79 Å². The summed E-state index contributed by atoms with van der Waals surface area (Å²) in [5, 5.41) is 7.49. The van der Waals surface area contributed by atoms with Gasteiger partial charge in [-0.25, -0.2) is 4.79 Å². The van der Waals surface area contributed by atoms with Crippen molar-refractivity contribution in [1.82, 2.24) is 15.1 Å². The molecule has 0 saturated heterocycles. The Labute approximate surface area is 172 Å². The van der Waals surface area contributed by atoms with Crippen LogP contribution in [0.5, 0.6) is 0 Å². The van der Waals surface area contributed by atoms with Gasteiger partial charge in [-0.15, -0.1) is 0 Å². The molecule has 1 aromatic carbocycles.